The fourth-order valence-corrected chi connectivity index (χ4v) is 2.20. The Balaban J connectivity index is 2.24. The van der Waals surface area contributed by atoms with E-state index >= 15 is 0 Å². The average molecular weight is 312 g/mol. The molecule has 0 aliphatic carbocycles. The van der Waals surface area contributed by atoms with E-state index in [0.29, 0.717) is 21.6 Å². The van der Waals surface area contributed by atoms with Crippen molar-refractivity contribution in [3.05, 3.63) is 34.7 Å². The number of hydrogen-bond donors (Lipinski definition) is 0. The molecule has 96 valence electrons. The molecule has 2 rings (SSSR count). The van der Waals surface area contributed by atoms with Gasteiger partial charge in [0.2, 0.25) is 0 Å². The van der Waals surface area contributed by atoms with Gasteiger partial charge in [0.15, 0.2) is 0 Å². The van der Waals surface area contributed by atoms with Gasteiger partial charge in [0.25, 0.3) is 0 Å². The van der Waals surface area contributed by atoms with Gasteiger partial charge in [-0.15, -0.1) is 5.10 Å². The van der Waals surface area contributed by atoms with E-state index in [1.54, 1.807) is 23.0 Å². The molecule has 1 heterocycles. The summed E-state index contributed by atoms with van der Waals surface area (Å²) in [7, 11) is 0. The summed E-state index contributed by atoms with van der Waals surface area (Å²) in [5.74, 6) is 0.318. The molecule has 0 spiro atoms. The number of halogens is 2. The summed E-state index contributed by atoms with van der Waals surface area (Å²) in [5.41, 5.74) is 1.03. The molecule has 2 aromatic rings. The first kappa shape index (κ1) is 13.2. The number of aromatic nitrogens is 3. The van der Waals surface area contributed by atoms with Crippen LogP contribution in [0.15, 0.2) is 28.9 Å². The number of benzene rings is 1. The Morgan fingerprint density at radius 1 is 1.39 bits per heavy atom. The van der Waals surface area contributed by atoms with Crippen molar-refractivity contribution in [2.75, 3.05) is 0 Å². The summed E-state index contributed by atoms with van der Waals surface area (Å²) in [6, 6.07) is 4.88. The van der Waals surface area contributed by atoms with Crippen molar-refractivity contribution in [3.8, 4) is 11.3 Å². The molecule has 0 saturated carbocycles. The van der Waals surface area contributed by atoms with Crippen LogP contribution in [0.3, 0.4) is 0 Å². The van der Waals surface area contributed by atoms with Crippen molar-refractivity contribution >= 4 is 15.9 Å². The quantitative estimate of drug-likeness (QED) is 0.857. The first-order chi connectivity index (χ1) is 8.58. The number of aryl methyl sites for hydroxylation is 1. The lowest BCUT2D eigenvalue weighted by atomic mass is 10.1. The molecule has 0 saturated heterocycles. The Kier molecular flexibility index (Phi) is 4.11. The Hall–Kier alpha value is -1.23. The van der Waals surface area contributed by atoms with Crippen LogP contribution in [0.1, 0.15) is 20.3 Å². The Bertz CT molecular complexity index is 517. The number of nitrogens with zero attached hydrogens (tertiary/aromatic N) is 3. The molecule has 0 N–H and O–H groups in total. The highest BCUT2D eigenvalue weighted by atomic mass is 79.9. The van der Waals surface area contributed by atoms with Crippen LogP contribution < -0.4 is 0 Å². The first-order valence-electron chi connectivity index (χ1n) is 5.92. The molecular formula is C13H15BrFN3. The maximum Gasteiger partial charge on any atom is 0.133 e. The molecule has 18 heavy (non-hydrogen) atoms. The Labute approximate surface area is 114 Å². The number of hydrogen-bond acceptors (Lipinski definition) is 2. The molecule has 0 aliphatic heterocycles. The van der Waals surface area contributed by atoms with Crippen LogP contribution in [-0.4, -0.2) is 15.0 Å². The predicted molar refractivity (Wildman–Crippen MR) is 72.6 cm³/mol. The van der Waals surface area contributed by atoms with Gasteiger partial charge < -0.3 is 0 Å². The minimum absolute atomic E-state index is 0.291. The lowest BCUT2D eigenvalue weighted by Gasteiger charge is -2.03. The van der Waals surface area contributed by atoms with Gasteiger partial charge in [-0.1, -0.05) is 25.1 Å². The molecule has 0 atom stereocenters. The first-order valence-corrected chi connectivity index (χ1v) is 6.71. The Morgan fingerprint density at radius 2 is 2.17 bits per heavy atom. The number of rotatable bonds is 4. The van der Waals surface area contributed by atoms with Crippen molar-refractivity contribution in [1.82, 2.24) is 15.0 Å². The van der Waals surface area contributed by atoms with Crippen molar-refractivity contribution in [2.45, 2.75) is 26.8 Å². The summed E-state index contributed by atoms with van der Waals surface area (Å²) in [6.45, 7) is 5.12. The summed E-state index contributed by atoms with van der Waals surface area (Å²) >= 11 is 3.34. The van der Waals surface area contributed by atoms with E-state index < -0.39 is 0 Å². The molecule has 0 radical (unpaired) electrons. The lowest BCUT2D eigenvalue weighted by molar-refractivity contribution is 0.478. The van der Waals surface area contributed by atoms with E-state index in [0.717, 1.165) is 13.0 Å². The molecule has 3 nitrogen and oxygen atoms in total. The highest BCUT2D eigenvalue weighted by molar-refractivity contribution is 9.10. The minimum Gasteiger partial charge on any atom is -0.252 e. The van der Waals surface area contributed by atoms with Gasteiger partial charge in [0, 0.05) is 11.0 Å². The normalized spacial score (nSPS) is 11.2. The van der Waals surface area contributed by atoms with Gasteiger partial charge in [-0.05, 0) is 40.4 Å². The van der Waals surface area contributed by atoms with Crippen LogP contribution in [-0.2, 0) is 6.54 Å². The van der Waals surface area contributed by atoms with Gasteiger partial charge in [0.1, 0.15) is 11.5 Å². The second-order valence-electron chi connectivity index (χ2n) is 4.65. The fourth-order valence-electron chi connectivity index (χ4n) is 1.66. The molecule has 1 aromatic heterocycles. The average Bonchev–Trinajstić information content (AvgIpc) is 2.75. The predicted octanol–water partition coefficient (Wildman–Crippen LogP) is 3.89. The van der Waals surface area contributed by atoms with Crippen LogP contribution >= 0.6 is 15.9 Å². The molecule has 0 aliphatic rings. The second kappa shape index (κ2) is 5.61. The lowest BCUT2D eigenvalue weighted by Crippen LogP contribution is -2.01. The monoisotopic (exact) mass is 311 g/mol. The molecule has 5 heteroatoms. The van der Waals surface area contributed by atoms with E-state index in [4.69, 9.17) is 0 Å². The van der Waals surface area contributed by atoms with Crippen LogP contribution in [0.25, 0.3) is 11.3 Å². The van der Waals surface area contributed by atoms with E-state index in [-0.39, 0.29) is 5.82 Å². The van der Waals surface area contributed by atoms with Crippen LogP contribution in [0.2, 0.25) is 0 Å². The zero-order valence-electron chi connectivity index (χ0n) is 10.4. The summed E-state index contributed by atoms with van der Waals surface area (Å²) in [4.78, 5) is 0. The summed E-state index contributed by atoms with van der Waals surface area (Å²) in [5, 5.41) is 8.05. The third-order valence-corrected chi connectivity index (χ3v) is 3.35. The largest absolute Gasteiger partial charge is 0.252 e. The van der Waals surface area contributed by atoms with Gasteiger partial charge in [-0.2, -0.15) is 0 Å². The Morgan fingerprint density at radius 3 is 2.83 bits per heavy atom. The molecule has 1 aromatic carbocycles. The second-order valence-corrected chi connectivity index (χ2v) is 5.50. The maximum absolute atomic E-state index is 13.8. The van der Waals surface area contributed by atoms with Crippen molar-refractivity contribution in [1.29, 1.82) is 0 Å². The van der Waals surface area contributed by atoms with Gasteiger partial charge >= 0.3 is 0 Å². The standard InChI is InChI=1S/C13H15BrFN3/c1-9(2)6-7-18-8-12(16-17-18)13-10(14)4-3-5-11(13)15/h3-5,8-9H,6-7H2,1-2H3. The molecule has 0 bridgehead atoms. The maximum atomic E-state index is 13.8. The van der Waals surface area contributed by atoms with Crippen molar-refractivity contribution in [2.24, 2.45) is 5.92 Å². The third-order valence-electron chi connectivity index (χ3n) is 2.69. The van der Waals surface area contributed by atoms with E-state index in [1.807, 2.05) is 0 Å². The fraction of sp³-hybridized carbons (Fsp3) is 0.385. The summed E-state index contributed by atoms with van der Waals surface area (Å²) in [6.07, 6.45) is 2.81. The zero-order chi connectivity index (χ0) is 13.1. The smallest absolute Gasteiger partial charge is 0.133 e. The van der Waals surface area contributed by atoms with E-state index in [1.165, 1.54) is 6.07 Å². The minimum atomic E-state index is -0.291. The summed E-state index contributed by atoms with van der Waals surface area (Å²) < 4.78 is 16.2. The van der Waals surface area contributed by atoms with E-state index in [2.05, 4.69) is 40.1 Å². The van der Waals surface area contributed by atoms with Crippen molar-refractivity contribution < 1.29 is 4.39 Å². The highest BCUT2D eigenvalue weighted by Crippen LogP contribution is 2.28. The molecule has 0 fully saturated rings. The van der Waals surface area contributed by atoms with Crippen molar-refractivity contribution in [3.63, 3.8) is 0 Å². The SMILES string of the molecule is CC(C)CCn1cc(-c2c(F)cccc2Br)nn1. The van der Waals surface area contributed by atoms with Crippen LogP contribution in [0.4, 0.5) is 4.39 Å². The third kappa shape index (κ3) is 2.96. The zero-order valence-corrected chi connectivity index (χ0v) is 12.0. The van der Waals surface area contributed by atoms with Crippen LogP contribution in [0.5, 0.6) is 0 Å². The topological polar surface area (TPSA) is 30.7 Å². The van der Waals surface area contributed by atoms with Gasteiger partial charge in [0.05, 0.1) is 11.8 Å². The van der Waals surface area contributed by atoms with Crippen LogP contribution in [0, 0.1) is 11.7 Å². The molecule has 0 unspecified atom stereocenters. The van der Waals surface area contributed by atoms with Gasteiger partial charge in [-0.3, -0.25) is 4.68 Å². The van der Waals surface area contributed by atoms with Gasteiger partial charge in [-0.25, -0.2) is 4.39 Å². The molecular weight excluding hydrogens is 297 g/mol. The molecule has 0 amide bonds. The highest BCUT2D eigenvalue weighted by Gasteiger charge is 2.12. The van der Waals surface area contributed by atoms with E-state index in [9.17, 15) is 4.39 Å².